The number of halogens is 1. The van der Waals surface area contributed by atoms with Gasteiger partial charge in [0, 0.05) is 15.7 Å². The minimum absolute atomic E-state index is 0.432. The van der Waals surface area contributed by atoms with Crippen molar-refractivity contribution in [1.29, 1.82) is 0 Å². The Kier molecular flexibility index (Phi) is 4.73. The standard InChI is InChI=1S/C17H15BrN2O3S/c1-9-14(16(21)22-2)15(20-17(24)19-9)13-8-7-12(23-13)10-5-3-4-6-11(10)18/h3-8,15H,1-2H3,(H2,19,20,24)/t15-/m0/s1. The van der Waals surface area contributed by atoms with E-state index in [1.165, 1.54) is 7.11 Å². The smallest absolute Gasteiger partial charge is 0.338 e. The third kappa shape index (κ3) is 3.09. The van der Waals surface area contributed by atoms with Crippen LogP contribution in [0.4, 0.5) is 0 Å². The van der Waals surface area contributed by atoms with Crippen LogP contribution in [0, 0.1) is 0 Å². The minimum Gasteiger partial charge on any atom is -0.466 e. The summed E-state index contributed by atoms with van der Waals surface area (Å²) in [5, 5.41) is 6.44. The average molecular weight is 407 g/mol. The van der Waals surface area contributed by atoms with Gasteiger partial charge in [-0.15, -0.1) is 0 Å². The summed E-state index contributed by atoms with van der Waals surface area (Å²) in [4.78, 5) is 12.1. The van der Waals surface area contributed by atoms with Crippen LogP contribution in [0.5, 0.6) is 0 Å². The van der Waals surface area contributed by atoms with Gasteiger partial charge in [-0.25, -0.2) is 4.79 Å². The van der Waals surface area contributed by atoms with E-state index in [-0.39, 0.29) is 0 Å². The fraction of sp³-hybridized carbons (Fsp3) is 0.176. The van der Waals surface area contributed by atoms with Crippen LogP contribution >= 0.6 is 28.1 Å². The first kappa shape index (κ1) is 16.7. The highest BCUT2D eigenvalue weighted by molar-refractivity contribution is 9.10. The van der Waals surface area contributed by atoms with Crippen LogP contribution in [0.2, 0.25) is 0 Å². The van der Waals surface area contributed by atoms with Crippen LogP contribution in [-0.2, 0) is 9.53 Å². The second-order valence-corrected chi connectivity index (χ2v) is 6.51. The number of benzene rings is 1. The third-order valence-corrected chi connectivity index (χ3v) is 4.64. The molecule has 0 saturated carbocycles. The molecular weight excluding hydrogens is 392 g/mol. The van der Waals surface area contributed by atoms with Gasteiger partial charge in [-0.2, -0.15) is 0 Å². The normalized spacial score (nSPS) is 17.3. The predicted molar refractivity (Wildman–Crippen MR) is 98.2 cm³/mol. The number of hydrogen-bond donors (Lipinski definition) is 2. The van der Waals surface area contributed by atoms with E-state index in [2.05, 4.69) is 26.6 Å². The average Bonchev–Trinajstić information content (AvgIpc) is 3.03. The van der Waals surface area contributed by atoms with Crippen molar-refractivity contribution in [2.45, 2.75) is 13.0 Å². The topological polar surface area (TPSA) is 63.5 Å². The molecule has 2 aromatic rings. The Balaban J connectivity index is 2.02. The summed E-state index contributed by atoms with van der Waals surface area (Å²) in [6, 6.07) is 11.0. The Morgan fingerprint density at radius 3 is 2.75 bits per heavy atom. The number of thiocarbonyl (C=S) groups is 1. The number of ether oxygens (including phenoxy) is 1. The molecule has 0 spiro atoms. The molecule has 2 N–H and O–H groups in total. The number of nitrogens with one attached hydrogen (secondary N) is 2. The highest BCUT2D eigenvalue weighted by atomic mass is 79.9. The van der Waals surface area contributed by atoms with Gasteiger partial charge in [-0.05, 0) is 37.3 Å². The molecule has 0 amide bonds. The second-order valence-electron chi connectivity index (χ2n) is 5.24. The van der Waals surface area contributed by atoms with Crippen LogP contribution in [0.25, 0.3) is 11.3 Å². The van der Waals surface area contributed by atoms with Crippen molar-refractivity contribution in [3.63, 3.8) is 0 Å². The van der Waals surface area contributed by atoms with Gasteiger partial charge in [-0.3, -0.25) is 0 Å². The zero-order valence-electron chi connectivity index (χ0n) is 13.1. The highest BCUT2D eigenvalue weighted by Gasteiger charge is 2.32. The predicted octanol–water partition coefficient (Wildman–Crippen LogP) is 3.67. The number of carbonyl (C=O) groups excluding carboxylic acids is 1. The lowest BCUT2D eigenvalue weighted by atomic mass is 10.0. The molecule has 5 nitrogen and oxygen atoms in total. The Hall–Kier alpha value is -2.12. The lowest BCUT2D eigenvalue weighted by molar-refractivity contribution is -0.136. The van der Waals surface area contributed by atoms with Crippen LogP contribution in [0.1, 0.15) is 18.7 Å². The zero-order valence-corrected chi connectivity index (χ0v) is 15.5. The van der Waals surface area contributed by atoms with Crippen LogP contribution in [0.3, 0.4) is 0 Å². The monoisotopic (exact) mass is 406 g/mol. The third-order valence-electron chi connectivity index (χ3n) is 3.73. The van der Waals surface area contributed by atoms with Gasteiger partial charge in [0.2, 0.25) is 0 Å². The zero-order chi connectivity index (χ0) is 17.3. The lowest BCUT2D eigenvalue weighted by Crippen LogP contribution is -2.44. The van der Waals surface area contributed by atoms with Gasteiger partial charge in [-0.1, -0.05) is 34.1 Å². The maximum Gasteiger partial charge on any atom is 0.338 e. The number of carbonyl (C=O) groups is 1. The molecule has 0 unspecified atom stereocenters. The molecule has 0 saturated heterocycles. The number of hydrogen-bond acceptors (Lipinski definition) is 4. The van der Waals surface area contributed by atoms with E-state index >= 15 is 0 Å². The lowest BCUT2D eigenvalue weighted by Gasteiger charge is -2.27. The molecule has 0 bridgehead atoms. The summed E-state index contributed by atoms with van der Waals surface area (Å²) >= 11 is 8.71. The molecule has 124 valence electrons. The molecule has 3 rings (SSSR count). The number of rotatable bonds is 3. The minimum atomic E-state index is -0.498. The molecule has 0 radical (unpaired) electrons. The van der Waals surface area contributed by atoms with Crippen molar-refractivity contribution in [1.82, 2.24) is 10.6 Å². The summed E-state index contributed by atoms with van der Waals surface area (Å²) in [6.45, 7) is 1.78. The maximum absolute atomic E-state index is 12.1. The van der Waals surface area contributed by atoms with Crippen LogP contribution in [0.15, 0.2) is 56.6 Å². The molecule has 0 aliphatic carbocycles. The van der Waals surface area contributed by atoms with Gasteiger partial charge in [0.1, 0.15) is 17.6 Å². The van der Waals surface area contributed by atoms with Gasteiger partial charge in [0.25, 0.3) is 0 Å². The van der Waals surface area contributed by atoms with Crippen molar-refractivity contribution >= 4 is 39.2 Å². The molecule has 7 heteroatoms. The summed E-state index contributed by atoms with van der Waals surface area (Å²) in [5.41, 5.74) is 2.02. The first-order valence-electron chi connectivity index (χ1n) is 7.22. The second kappa shape index (κ2) is 6.78. The van der Waals surface area contributed by atoms with E-state index in [1.807, 2.05) is 36.4 Å². The number of methoxy groups -OCH3 is 1. The molecule has 2 heterocycles. The van der Waals surface area contributed by atoms with Crippen LogP contribution < -0.4 is 10.6 Å². The molecule has 24 heavy (non-hydrogen) atoms. The quantitative estimate of drug-likeness (QED) is 0.598. The van der Waals surface area contributed by atoms with E-state index in [0.29, 0.717) is 27.9 Å². The van der Waals surface area contributed by atoms with Gasteiger partial charge in [0.05, 0.1) is 12.7 Å². The fourth-order valence-corrected chi connectivity index (χ4v) is 3.35. The van der Waals surface area contributed by atoms with E-state index in [0.717, 1.165) is 10.0 Å². The van der Waals surface area contributed by atoms with Gasteiger partial charge in [0.15, 0.2) is 5.11 Å². The summed E-state index contributed by atoms with van der Waals surface area (Å²) in [5.74, 6) is 0.855. The van der Waals surface area contributed by atoms with Crippen molar-refractivity contribution in [2.75, 3.05) is 7.11 Å². The van der Waals surface area contributed by atoms with Crippen molar-refractivity contribution in [3.05, 3.63) is 57.9 Å². The SMILES string of the molecule is COC(=O)C1=C(C)NC(=S)N[C@H]1c1ccc(-c2ccccc2Br)o1. The summed E-state index contributed by atoms with van der Waals surface area (Å²) < 4.78 is 11.8. The van der Waals surface area contributed by atoms with Crippen molar-refractivity contribution < 1.29 is 13.9 Å². The van der Waals surface area contributed by atoms with E-state index in [9.17, 15) is 4.79 Å². The molecule has 0 fully saturated rings. The van der Waals surface area contributed by atoms with Gasteiger partial charge >= 0.3 is 5.97 Å². The molecule has 1 aromatic heterocycles. The fourth-order valence-electron chi connectivity index (χ4n) is 2.60. The van der Waals surface area contributed by atoms with Crippen LogP contribution in [-0.4, -0.2) is 18.2 Å². The highest BCUT2D eigenvalue weighted by Crippen LogP contribution is 2.34. The Morgan fingerprint density at radius 1 is 1.29 bits per heavy atom. The van der Waals surface area contributed by atoms with E-state index in [1.54, 1.807) is 6.92 Å². The van der Waals surface area contributed by atoms with Crippen molar-refractivity contribution in [3.8, 4) is 11.3 Å². The largest absolute Gasteiger partial charge is 0.466 e. The van der Waals surface area contributed by atoms with E-state index < -0.39 is 12.0 Å². The summed E-state index contributed by atoms with van der Waals surface area (Å²) in [6.07, 6.45) is 0. The Bertz CT molecular complexity index is 844. The number of furan rings is 1. The maximum atomic E-state index is 12.1. The molecule has 1 aromatic carbocycles. The Labute approximate surface area is 153 Å². The molecule has 1 atom stereocenters. The number of esters is 1. The molecule has 1 aliphatic heterocycles. The molecule has 1 aliphatic rings. The number of allylic oxidation sites excluding steroid dienone is 1. The first-order chi connectivity index (χ1) is 11.5. The first-order valence-corrected chi connectivity index (χ1v) is 8.42. The molecular formula is C17H15BrN2O3S. The van der Waals surface area contributed by atoms with Gasteiger partial charge < -0.3 is 19.8 Å². The van der Waals surface area contributed by atoms with Crippen molar-refractivity contribution in [2.24, 2.45) is 0 Å². The Morgan fingerprint density at radius 2 is 2.04 bits per heavy atom. The summed E-state index contributed by atoms with van der Waals surface area (Å²) in [7, 11) is 1.35. The van der Waals surface area contributed by atoms with E-state index in [4.69, 9.17) is 21.4 Å².